The Morgan fingerprint density at radius 3 is 2.84 bits per heavy atom. The number of nitrogens with one attached hydrogen (secondary N) is 1. The minimum Gasteiger partial charge on any atom is -0.337 e. The lowest BCUT2D eigenvalue weighted by molar-refractivity contribution is 0.154. The lowest BCUT2D eigenvalue weighted by atomic mass is 10.2. The summed E-state index contributed by atoms with van der Waals surface area (Å²) in [5.41, 5.74) is 0.741. The predicted octanol–water partition coefficient (Wildman–Crippen LogP) is 0.436. The van der Waals surface area contributed by atoms with E-state index in [9.17, 15) is 0 Å². The summed E-state index contributed by atoms with van der Waals surface area (Å²) in [7, 11) is 1.87. The Balaban J connectivity index is 1.76. The number of piperazine rings is 1. The molecule has 1 aliphatic heterocycles. The van der Waals surface area contributed by atoms with Crippen LogP contribution in [0.15, 0.2) is 16.8 Å². The van der Waals surface area contributed by atoms with Crippen LogP contribution in [0.3, 0.4) is 0 Å². The first-order chi connectivity index (χ1) is 9.24. The van der Waals surface area contributed by atoms with E-state index in [0.29, 0.717) is 11.7 Å². The minimum absolute atomic E-state index is 0.145. The highest BCUT2D eigenvalue weighted by molar-refractivity contribution is 5.46. The van der Waals surface area contributed by atoms with Gasteiger partial charge in [-0.25, -0.2) is 0 Å². The summed E-state index contributed by atoms with van der Waals surface area (Å²) < 4.78 is 7.10. The highest BCUT2D eigenvalue weighted by Crippen LogP contribution is 2.21. The van der Waals surface area contributed by atoms with Crippen LogP contribution in [0.25, 0.3) is 11.5 Å². The van der Waals surface area contributed by atoms with Gasteiger partial charge in [0.2, 0.25) is 11.7 Å². The van der Waals surface area contributed by atoms with Crippen LogP contribution in [0.4, 0.5) is 0 Å². The van der Waals surface area contributed by atoms with E-state index in [1.54, 1.807) is 4.68 Å². The lowest BCUT2D eigenvalue weighted by Crippen LogP contribution is -2.44. The summed E-state index contributed by atoms with van der Waals surface area (Å²) in [5, 5.41) is 11.6. The molecular formula is C12H18N6O. The molecule has 2 aromatic rings. The van der Waals surface area contributed by atoms with Crippen LogP contribution >= 0.6 is 0 Å². The van der Waals surface area contributed by atoms with E-state index in [1.807, 2.05) is 19.3 Å². The second-order valence-electron chi connectivity index (χ2n) is 4.79. The Morgan fingerprint density at radius 1 is 1.37 bits per heavy atom. The van der Waals surface area contributed by atoms with Gasteiger partial charge in [-0.3, -0.25) is 9.58 Å². The molecule has 2 aromatic heterocycles. The van der Waals surface area contributed by atoms with Crippen molar-refractivity contribution < 1.29 is 4.52 Å². The largest absolute Gasteiger partial charge is 0.337 e. The molecule has 0 bridgehead atoms. The molecule has 0 amide bonds. The number of hydrogen-bond donors (Lipinski definition) is 1. The van der Waals surface area contributed by atoms with Crippen LogP contribution in [0.1, 0.15) is 18.9 Å². The van der Waals surface area contributed by atoms with Gasteiger partial charge < -0.3 is 9.84 Å². The van der Waals surface area contributed by atoms with Crippen LogP contribution in [0.5, 0.6) is 0 Å². The standard InChI is InChI=1S/C12H18N6O/c1-9(18-7-4-13-5-8-18)12-14-11(16-19-12)10-3-6-17(2)15-10/h3,6,9,13H,4-5,7-8H2,1-2H3. The molecule has 1 saturated heterocycles. The Hall–Kier alpha value is -1.73. The minimum atomic E-state index is 0.145. The zero-order valence-electron chi connectivity index (χ0n) is 11.2. The molecule has 0 aromatic carbocycles. The summed E-state index contributed by atoms with van der Waals surface area (Å²) in [4.78, 5) is 6.79. The van der Waals surface area contributed by atoms with E-state index in [-0.39, 0.29) is 6.04 Å². The molecule has 1 unspecified atom stereocenters. The van der Waals surface area contributed by atoms with Crippen molar-refractivity contribution in [1.82, 2.24) is 30.1 Å². The van der Waals surface area contributed by atoms with Crippen molar-refractivity contribution in [2.75, 3.05) is 26.2 Å². The zero-order valence-corrected chi connectivity index (χ0v) is 11.2. The quantitative estimate of drug-likeness (QED) is 0.865. The molecule has 3 heterocycles. The third-order valence-corrected chi connectivity index (χ3v) is 3.44. The zero-order chi connectivity index (χ0) is 13.2. The lowest BCUT2D eigenvalue weighted by Gasteiger charge is -2.30. The summed E-state index contributed by atoms with van der Waals surface area (Å²) in [6.45, 7) is 6.11. The van der Waals surface area contributed by atoms with Crippen molar-refractivity contribution >= 4 is 0 Å². The average Bonchev–Trinajstić information content (AvgIpc) is 3.07. The van der Waals surface area contributed by atoms with Gasteiger partial charge in [0.05, 0.1) is 6.04 Å². The van der Waals surface area contributed by atoms with Crippen LogP contribution < -0.4 is 5.32 Å². The molecule has 0 aliphatic carbocycles. The maximum Gasteiger partial charge on any atom is 0.244 e. The maximum atomic E-state index is 5.37. The van der Waals surface area contributed by atoms with Gasteiger partial charge in [0.15, 0.2) is 0 Å². The molecule has 0 saturated carbocycles. The molecule has 1 N–H and O–H groups in total. The number of nitrogens with zero attached hydrogens (tertiary/aromatic N) is 5. The second kappa shape index (κ2) is 5.10. The summed E-state index contributed by atoms with van der Waals surface area (Å²) in [5.74, 6) is 1.21. The van der Waals surface area contributed by atoms with Crippen LogP contribution in [0.2, 0.25) is 0 Å². The van der Waals surface area contributed by atoms with Crippen LogP contribution in [-0.2, 0) is 7.05 Å². The molecule has 1 fully saturated rings. The number of hydrogen-bond acceptors (Lipinski definition) is 6. The smallest absolute Gasteiger partial charge is 0.244 e. The molecule has 1 aliphatic rings. The first kappa shape index (κ1) is 12.3. The Kier molecular flexibility index (Phi) is 3.31. The van der Waals surface area contributed by atoms with Gasteiger partial charge in [-0.2, -0.15) is 10.1 Å². The number of aryl methyl sites for hydroxylation is 1. The molecule has 0 spiro atoms. The first-order valence-corrected chi connectivity index (χ1v) is 6.52. The molecule has 7 heteroatoms. The van der Waals surface area contributed by atoms with Crippen molar-refractivity contribution in [2.45, 2.75) is 13.0 Å². The Labute approximate surface area is 111 Å². The molecule has 102 valence electrons. The highest BCUT2D eigenvalue weighted by atomic mass is 16.5. The monoisotopic (exact) mass is 262 g/mol. The highest BCUT2D eigenvalue weighted by Gasteiger charge is 2.23. The van der Waals surface area contributed by atoms with Crippen molar-refractivity contribution in [3.63, 3.8) is 0 Å². The summed E-state index contributed by atoms with van der Waals surface area (Å²) in [6, 6.07) is 2.02. The van der Waals surface area contributed by atoms with Gasteiger partial charge >= 0.3 is 0 Å². The van der Waals surface area contributed by atoms with Gasteiger partial charge in [0.25, 0.3) is 0 Å². The number of aromatic nitrogens is 4. The van der Waals surface area contributed by atoms with E-state index in [2.05, 4.69) is 32.4 Å². The Bertz CT molecular complexity index is 542. The van der Waals surface area contributed by atoms with Gasteiger partial charge in [0.1, 0.15) is 5.69 Å². The third kappa shape index (κ3) is 2.52. The van der Waals surface area contributed by atoms with Crippen LogP contribution in [-0.4, -0.2) is 51.0 Å². The molecule has 1 atom stereocenters. The van der Waals surface area contributed by atoms with Crippen LogP contribution in [0, 0.1) is 0 Å². The van der Waals surface area contributed by atoms with Crippen molar-refractivity contribution in [3.8, 4) is 11.5 Å². The van der Waals surface area contributed by atoms with E-state index in [1.165, 1.54) is 0 Å². The fourth-order valence-corrected chi connectivity index (χ4v) is 2.27. The second-order valence-corrected chi connectivity index (χ2v) is 4.79. The summed E-state index contributed by atoms with van der Waals surface area (Å²) in [6.07, 6.45) is 1.87. The molecule has 0 radical (unpaired) electrons. The fraction of sp³-hybridized carbons (Fsp3) is 0.583. The predicted molar refractivity (Wildman–Crippen MR) is 69.4 cm³/mol. The fourth-order valence-electron chi connectivity index (χ4n) is 2.27. The normalized spacial score (nSPS) is 18.6. The van der Waals surface area contributed by atoms with E-state index < -0.39 is 0 Å². The Morgan fingerprint density at radius 2 is 2.16 bits per heavy atom. The topological polar surface area (TPSA) is 72.0 Å². The number of rotatable bonds is 3. The van der Waals surface area contributed by atoms with Crippen molar-refractivity contribution in [2.24, 2.45) is 7.05 Å². The molecule has 19 heavy (non-hydrogen) atoms. The van der Waals surface area contributed by atoms with Gasteiger partial charge in [-0.1, -0.05) is 5.16 Å². The molecule has 7 nitrogen and oxygen atoms in total. The van der Waals surface area contributed by atoms with Gasteiger partial charge in [-0.05, 0) is 13.0 Å². The average molecular weight is 262 g/mol. The van der Waals surface area contributed by atoms with Gasteiger partial charge in [-0.15, -0.1) is 0 Å². The van der Waals surface area contributed by atoms with Gasteiger partial charge in [0, 0.05) is 39.4 Å². The van der Waals surface area contributed by atoms with E-state index >= 15 is 0 Å². The third-order valence-electron chi connectivity index (χ3n) is 3.44. The SMILES string of the molecule is CC(c1nc(-c2ccn(C)n2)no1)N1CCNCC1. The molecule has 3 rings (SSSR count). The summed E-state index contributed by atoms with van der Waals surface area (Å²) >= 11 is 0. The van der Waals surface area contributed by atoms with E-state index in [4.69, 9.17) is 4.52 Å². The van der Waals surface area contributed by atoms with Crippen molar-refractivity contribution in [1.29, 1.82) is 0 Å². The maximum absolute atomic E-state index is 5.37. The van der Waals surface area contributed by atoms with E-state index in [0.717, 1.165) is 31.9 Å². The van der Waals surface area contributed by atoms with Crippen molar-refractivity contribution in [3.05, 3.63) is 18.2 Å². The first-order valence-electron chi connectivity index (χ1n) is 6.52. The molecular weight excluding hydrogens is 244 g/mol.